The highest BCUT2D eigenvalue weighted by atomic mass is 32.2. The van der Waals surface area contributed by atoms with Crippen LogP contribution >= 0.6 is 23.5 Å². The van der Waals surface area contributed by atoms with Crippen LogP contribution in [-0.2, 0) is 17.8 Å². The van der Waals surface area contributed by atoms with Crippen LogP contribution < -0.4 is 10.9 Å². The second-order valence-corrected chi connectivity index (χ2v) is 7.95. The molecule has 2 heterocycles. The van der Waals surface area contributed by atoms with Crippen molar-refractivity contribution < 1.29 is 4.79 Å². The average Bonchev–Trinajstić information content (AvgIpc) is 3.06. The van der Waals surface area contributed by atoms with E-state index in [1.165, 1.54) is 11.8 Å². The Morgan fingerprint density at radius 1 is 1.40 bits per heavy atom. The average molecular weight is 376 g/mol. The van der Waals surface area contributed by atoms with Gasteiger partial charge in [0.25, 0.3) is 5.56 Å². The van der Waals surface area contributed by atoms with E-state index >= 15 is 0 Å². The van der Waals surface area contributed by atoms with Crippen LogP contribution in [0.1, 0.15) is 23.7 Å². The molecule has 0 aliphatic carbocycles. The number of anilines is 1. The Labute approximate surface area is 155 Å². The third-order valence-electron chi connectivity index (χ3n) is 4.28. The molecule has 2 aromatic rings. The minimum atomic E-state index is -0.0922. The van der Waals surface area contributed by atoms with E-state index in [2.05, 4.69) is 10.3 Å². The van der Waals surface area contributed by atoms with E-state index in [9.17, 15) is 9.59 Å². The molecule has 1 aromatic carbocycles. The molecule has 5 nitrogen and oxygen atoms in total. The Bertz CT molecular complexity index is 877. The maximum Gasteiger partial charge on any atom is 0.268 e. The van der Waals surface area contributed by atoms with Gasteiger partial charge in [0.1, 0.15) is 0 Å². The number of fused-ring (bicyclic) bond motifs is 1. The molecular formula is C18H21N3O2S2. The monoisotopic (exact) mass is 375 g/mol. The van der Waals surface area contributed by atoms with Crippen LogP contribution in [0.3, 0.4) is 0 Å². The predicted molar refractivity (Wildman–Crippen MR) is 104 cm³/mol. The van der Waals surface area contributed by atoms with Gasteiger partial charge in [-0.3, -0.25) is 14.2 Å². The topological polar surface area (TPSA) is 64.0 Å². The Balaban J connectivity index is 1.73. The summed E-state index contributed by atoms with van der Waals surface area (Å²) in [5.74, 6) is 1.04. The maximum absolute atomic E-state index is 12.5. The summed E-state index contributed by atoms with van der Waals surface area (Å²) >= 11 is 2.90. The summed E-state index contributed by atoms with van der Waals surface area (Å²) in [7, 11) is 0. The number of benzene rings is 1. The van der Waals surface area contributed by atoms with Gasteiger partial charge in [0.05, 0.1) is 16.3 Å². The minimum absolute atomic E-state index is 0.0208. The molecular weight excluding hydrogens is 354 g/mol. The summed E-state index contributed by atoms with van der Waals surface area (Å²) < 4.78 is 1.66. The molecule has 7 heteroatoms. The molecule has 0 saturated carbocycles. The molecule has 0 fully saturated rings. The third-order valence-corrected chi connectivity index (χ3v) is 6.36. The lowest BCUT2D eigenvalue weighted by Gasteiger charge is -2.13. The van der Waals surface area contributed by atoms with Crippen molar-refractivity contribution in [1.29, 1.82) is 0 Å². The van der Waals surface area contributed by atoms with Crippen molar-refractivity contribution in [2.45, 2.75) is 43.8 Å². The van der Waals surface area contributed by atoms with Crippen molar-refractivity contribution in [1.82, 2.24) is 9.55 Å². The first-order valence-corrected chi connectivity index (χ1v) is 10.2. The van der Waals surface area contributed by atoms with E-state index in [1.54, 1.807) is 16.3 Å². The van der Waals surface area contributed by atoms with Crippen LogP contribution in [0.25, 0.3) is 0 Å². The number of carbonyl (C=O) groups is 1. The number of rotatable bonds is 5. The zero-order chi connectivity index (χ0) is 18.0. The number of nitrogens with one attached hydrogen (secondary N) is 1. The van der Waals surface area contributed by atoms with Gasteiger partial charge in [-0.15, -0.1) is 11.8 Å². The zero-order valence-corrected chi connectivity index (χ0v) is 16.2. The summed E-state index contributed by atoms with van der Waals surface area (Å²) in [4.78, 5) is 30.2. The molecule has 0 spiro atoms. The number of carbonyl (C=O) groups excluding carboxylic acids is 1. The molecule has 1 N–H and O–H groups in total. The molecule has 0 radical (unpaired) electrons. The summed E-state index contributed by atoms with van der Waals surface area (Å²) in [6, 6.07) is 5.85. The van der Waals surface area contributed by atoms with Gasteiger partial charge in [-0.05, 0) is 38.0 Å². The molecule has 0 atom stereocenters. The van der Waals surface area contributed by atoms with Gasteiger partial charge >= 0.3 is 0 Å². The summed E-state index contributed by atoms with van der Waals surface area (Å²) in [5, 5.41) is 3.58. The smallest absolute Gasteiger partial charge is 0.268 e. The summed E-state index contributed by atoms with van der Waals surface area (Å²) in [5.41, 5.74) is 3.93. The molecule has 3 rings (SSSR count). The van der Waals surface area contributed by atoms with Crippen molar-refractivity contribution in [3.05, 3.63) is 45.4 Å². The van der Waals surface area contributed by atoms with Crippen LogP contribution in [-0.4, -0.2) is 27.0 Å². The van der Waals surface area contributed by atoms with E-state index in [0.29, 0.717) is 11.7 Å². The van der Waals surface area contributed by atoms with Crippen LogP contribution in [0.5, 0.6) is 0 Å². The van der Waals surface area contributed by atoms with Crippen molar-refractivity contribution in [3.63, 3.8) is 0 Å². The first kappa shape index (κ1) is 18.1. The normalized spacial score (nSPS) is 12.9. The maximum atomic E-state index is 12.5. The zero-order valence-electron chi connectivity index (χ0n) is 14.6. The molecule has 1 aromatic heterocycles. The summed E-state index contributed by atoms with van der Waals surface area (Å²) in [6.45, 7) is 6.49. The quantitative estimate of drug-likeness (QED) is 0.642. The third kappa shape index (κ3) is 3.77. The van der Waals surface area contributed by atoms with Gasteiger partial charge in [0.2, 0.25) is 5.91 Å². The Hall–Kier alpha value is -1.73. The molecule has 1 aliphatic rings. The standard InChI is InChI=1S/C18H21N3O2S2/c1-4-21-17(23)16-14(8-9-24-16)20-18(21)25-10-15(22)19-13-7-5-6-11(2)12(13)3/h5-7H,4,8-10H2,1-3H3,(H,19,22). The number of aryl methyl sites for hydroxylation is 2. The number of thioether (sulfide) groups is 2. The van der Waals surface area contributed by atoms with E-state index < -0.39 is 0 Å². The van der Waals surface area contributed by atoms with Crippen molar-refractivity contribution >= 4 is 35.1 Å². The number of hydrogen-bond donors (Lipinski definition) is 1. The lowest BCUT2D eigenvalue weighted by Crippen LogP contribution is -2.25. The minimum Gasteiger partial charge on any atom is -0.325 e. The molecule has 25 heavy (non-hydrogen) atoms. The highest BCUT2D eigenvalue weighted by Crippen LogP contribution is 2.28. The van der Waals surface area contributed by atoms with Crippen molar-refractivity contribution in [2.24, 2.45) is 0 Å². The van der Waals surface area contributed by atoms with Gasteiger partial charge in [0.15, 0.2) is 5.16 Å². The molecule has 1 amide bonds. The largest absolute Gasteiger partial charge is 0.325 e. The highest BCUT2D eigenvalue weighted by Gasteiger charge is 2.21. The Morgan fingerprint density at radius 3 is 2.96 bits per heavy atom. The van der Waals surface area contributed by atoms with Crippen LogP contribution in [0.4, 0.5) is 5.69 Å². The number of hydrogen-bond acceptors (Lipinski definition) is 5. The fourth-order valence-corrected chi connectivity index (χ4v) is 4.64. The van der Waals surface area contributed by atoms with Gasteiger partial charge in [0, 0.05) is 24.4 Å². The first-order valence-electron chi connectivity index (χ1n) is 8.26. The molecule has 0 bridgehead atoms. The fourth-order valence-electron chi connectivity index (χ4n) is 2.72. The number of amides is 1. The Kier molecular flexibility index (Phi) is 5.54. The molecule has 0 saturated heterocycles. The lowest BCUT2D eigenvalue weighted by atomic mass is 10.1. The van der Waals surface area contributed by atoms with Crippen LogP contribution in [0, 0.1) is 13.8 Å². The number of nitrogens with zero attached hydrogens (tertiary/aromatic N) is 2. The van der Waals surface area contributed by atoms with Crippen molar-refractivity contribution in [2.75, 3.05) is 16.8 Å². The van der Waals surface area contributed by atoms with Crippen LogP contribution in [0.2, 0.25) is 0 Å². The highest BCUT2D eigenvalue weighted by molar-refractivity contribution is 8.00. The van der Waals surface area contributed by atoms with Gasteiger partial charge in [-0.1, -0.05) is 23.9 Å². The second kappa shape index (κ2) is 7.66. The second-order valence-electron chi connectivity index (χ2n) is 5.90. The molecule has 1 aliphatic heterocycles. The van der Waals surface area contributed by atoms with Crippen LogP contribution in [0.15, 0.2) is 33.0 Å². The first-order chi connectivity index (χ1) is 12.0. The SMILES string of the molecule is CCn1c(SCC(=O)Nc2cccc(C)c2C)nc2c(c1=O)SCC2. The lowest BCUT2D eigenvalue weighted by molar-refractivity contribution is -0.113. The van der Waals surface area contributed by atoms with Crippen molar-refractivity contribution in [3.8, 4) is 0 Å². The van der Waals surface area contributed by atoms with E-state index in [1.807, 2.05) is 39.0 Å². The number of aromatic nitrogens is 2. The van der Waals surface area contributed by atoms with Gasteiger partial charge < -0.3 is 5.32 Å². The van der Waals surface area contributed by atoms with E-state index in [-0.39, 0.29) is 17.2 Å². The van der Waals surface area contributed by atoms with E-state index in [0.717, 1.165) is 39.6 Å². The Morgan fingerprint density at radius 2 is 2.20 bits per heavy atom. The van der Waals surface area contributed by atoms with Gasteiger partial charge in [-0.25, -0.2) is 4.98 Å². The predicted octanol–water partition coefficient (Wildman–Crippen LogP) is 3.26. The fraction of sp³-hybridized carbons (Fsp3) is 0.389. The molecule has 132 valence electrons. The van der Waals surface area contributed by atoms with Gasteiger partial charge in [-0.2, -0.15) is 0 Å². The summed E-state index contributed by atoms with van der Waals surface area (Å²) in [6.07, 6.45) is 0.821. The van der Waals surface area contributed by atoms with E-state index in [4.69, 9.17) is 0 Å². The molecule has 0 unspecified atom stereocenters.